The van der Waals surface area contributed by atoms with Crippen LogP contribution in [0.15, 0.2) is 46.7 Å². The molecule has 5 heteroatoms. The van der Waals surface area contributed by atoms with Gasteiger partial charge in [-0.3, -0.25) is 4.99 Å². The molecule has 1 aliphatic carbocycles. The van der Waals surface area contributed by atoms with Crippen molar-refractivity contribution in [3.63, 3.8) is 0 Å². The van der Waals surface area contributed by atoms with Crippen LogP contribution in [-0.4, -0.2) is 25.9 Å². The van der Waals surface area contributed by atoms with Gasteiger partial charge in [-0.25, -0.2) is 0 Å². The molecule has 0 unspecified atom stereocenters. The van der Waals surface area contributed by atoms with Gasteiger partial charge in [-0.15, -0.1) is 0 Å². The van der Waals surface area contributed by atoms with Crippen molar-refractivity contribution in [1.82, 2.24) is 0 Å². The summed E-state index contributed by atoms with van der Waals surface area (Å²) in [5.74, 6) is 0.848. The number of rotatable bonds is 2. The fourth-order valence-corrected chi connectivity index (χ4v) is 2.90. The van der Waals surface area contributed by atoms with Crippen LogP contribution in [0.3, 0.4) is 0 Å². The number of benzene rings is 1. The van der Waals surface area contributed by atoms with Crippen molar-refractivity contribution in [1.29, 1.82) is 0 Å². The Morgan fingerprint density at radius 2 is 2.18 bits per heavy atom. The van der Waals surface area contributed by atoms with Gasteiger partial charge in [0, 0.05) is 19.0 Å². The van der Waals surface area contributed by atoms with E-state index in [1.54, 1.807) is 12.3 Å². The van der Waals surface area contributed by atoms with E-state index >= 15 is 0 Å². The molecule has 0 aromatic heterocycles. The lowest BCUT2D eigenvalue weighted by Crippen LogP contribution is -2.37. The largest absolute Gasteiger partial charge is 0.489 e. The minimum Gasteiger partial charge on any atom is -0.489 e. The Labute approximate surface area is 131 Å². The highest BCUT2D eigenvalue weighted by atomic mass is 16.5. The van der Waals surface area contributed by atoms with Gasteiger partial charge in [-0.2, -0.15) is 0 Å². The summed E-state index contributed by atoms with van der Waals surface area (Å²) < 4.78 is 5.87. The van der Waals surface area contributed by atoms with E-state index in [1.165, 1.54) is 23.9 Å². The van der Waals surface area contributed by atoms with Gasteiger partial charge in [-0.05, 0) is 55.3 Å². The number of hydrogen-bond acceptors (Lipinski definition) is 5. The molecule has 0 saturated heterocycles. The molecule has 0 amide bonds. The molecule has 1 aromatic rings. The summed E-state index contributed by atoms with van der Waals surface area (Å²) in [6.45, 7) is 0.509. The Balaban J connectivity index is 1.98. The van der Waals surface area contributed by atoms with E-state index in [4.69, 9.17) is 16.2 Å². The summed E-state index contributed by atoms with van der Waals surface area (Å²) in [4.78, 5) is 6.54. The zero-order valence-corrected chi connectivity index (χ0v) is 12.8. The number of hydrogen-bond donors (Lipinski definition) is 2. The quantitative estimate of drug-likeness (QED) is 0.822. The zero-order valence-electron chi connectivity index (χ0n) is 12.8. The van der Waals surface area contributed by atoms with Gasteiger partial charge >= 0.3 is 0 Å². The summed E-state index contributed by atoms with van der Waals surface area (Å²) in [7, 11) is 2.06. The van der Waals surface area contributed by atoms with Gasteiger partial charge in [0.1, 0.15) is 12.4 Å². The van der Waals surface area contributed by atoms with Crippen molar-refractivity contribution in [2.75, 3.05) is 18.6 Å². The number of nitrogens with zero attached hydrogens (tertiary/aromatic N) is 2. The second kappa shape index (κ2) is 6.23. The maximum Gasteiger partial charge on any atom is 0.143 e. The van der Waals surface area contributed by atoms with Crippen molar-refractivity contribution in [2.45, 2.75) is 25.3 Å². The van der Waals surface area contributed by atoms with E-state index in [2.05, 4.69) is 16.9 Å². The molecule has 22 heavy (non-hydrogen) atoms. The Hall–Kier alpha value is -2.27. The average molecular weight is 298 g/mol. The van der Waals surface area contributed by atoms with Gasteiger partial charge in [0.15, 0.2) is 0 Å². The first-order chi connectivity index (χ1) is 10.7. The van der Waals surface area contributed by atoms with Gasteiger partial charge in [0.25, 0.3) is 0 Å². The molecule has 1 aromatic carbocycles. The molecule has 5 nitrogen and oxygen atoms in total. The fraction of sp³-hybridized carbons (Fsp3) is 0.353. The molecule has 116 valence electrons. The molecule has 0 bridgehead atoms. The van der Waals surface area contributed by atoms with Crippen molar-refractivity contribution in [3.05, 3.63) is 41.7 Å². The SMILES string of the molecule is CN1C(=C2CCC2)[C@@H](N)COc2ccc(N=CC=CN)cc21. The molecule has 1 saturated carbocycles. The predicted molar refractivity (Wildman–Crippen MR) is 90.7 cm³/mol. The monoisotopic (exact) mass is 298 g/mol. The first-order valence-corrected chi connectivity index (χ1v) is 7.59. The number of nitrogens with two attached hydrogens (primary N) is 2. The first-order valence-electron chi connectivity index (χ1n) is 7.59. The van der Waals surface area contributed by atoms with Crippen LogP contribution in [-0.2, 0) is 0 Å². The highest BCUT2D eigenvalue weighted by Crippen LogP contribution is 2.40. The van der Waals surface area contributed by atoms with E-state index in [1.807, 2.05) is 18.2 Å². The van der Waals surface area contributed by atoms with Crippen LogP contribution in [0.4, 0.5) is 11.4 Å². The molecule has 2 aliphatic rings. The number of aliphatic imine (C=N–C) groups is 1. The lowest BCUT2D eigenvalue weighted by Gasteiger charge is -2.31. The molecular formula is C17H22N4O. The Bertz CT molecular complexity index is 642. The van der Waals surface area contributed by atoms with Crippen molar-refractivity contribution < 1.29 is 4.74 Å². The van der Waals surface area contributed by atoms with E-state index in [0.29, 0.717) is 6.61 Å². The second-order valence-electron chi connectivity index (χ2n) is 5.63. The lowest BCUT2D eigenvalue weighted by atomic mass is 9.88. The number of ether oxygens (including phenoxy) is 1. The van der Waals surface area contributed by atoms with E-state index in [0.717, 1.165) is 30.0 Å². The van der Waals surface area contributed by atoms with Crippen molar-refractivity contribution >= 4 is 17.6 Å². The second-order valence-corrected chi connectivity index (χ2v) is 5.63. The van der Waals surface area contributed by atoms with E-state index in [9.17, 15) is 0 Å². The molecule has 3 rings (SSSR count). The molecule has 0 radical (unpaired) electrons. The fourth-order valence-electron chi connectivity index (χ4n) is 2.90. The molecule has 0 spiro atoms. The summed E-state index contributed by atoms with van der Waals surface area (Å²) >= 11 is 0. The highest BCUT2D eigenvalue weighted by molar-refractivity contribution is 5.76. The van der Waals surface area contributed by atoms with E-state index < -0.39 is 0 Å². The zero-order chi connectivity index (χ0) is 15.5. The maximum absolute atomic E-state index is 6.32. The number of allylic oxidation sites excluding steroid dienone is 2. The summed E-state index contributed by atoms with van der Waals surface area (Å²) in [6.07, 6.45) is 8.37. The van der Waals surface area contributed by atoms with Crippen LogP contribution in [0.25, 0.3) is 0 Å². The van der Waals surface area contributed by atoms with Crippen LogP contribution in [0, 0.1) is 0 Å². The normalized spacial score (nSPS) is 21.7. The molecular weight excluding hydrogens is 276 g/mol. The predicted octanol–water partition coefficient (Wildman–Crippen LogP) is 2.46. The lowest BCUT2D eigenvalue weighted by molar-refractivity contribution is 0.307. The number of fused-ring (bicyclic) bond motifs is 1. The van der Waals surface area contributed by atoms with Crippen molar-refractivity contribution in [3.8, 4) is 5.75 Å². The Morgan fingerprint density at radius 1 is 1.36 bits per heavy atom. The number of anilines is 1. The van der Waals surface area contributed by atoms with Gasteiger partial charge in [0.05, 0.1) is 17.4 Å². The summed E-state index contributed by atoms with van der Waals surface area (Å²) in [6, 6.07) is 5.82. The van der Waals surface area contributed by atoms with Crippen LogP contribution < -0.4 is 21.1 Å². The summed E-state index contributed by atoms with van der Waals surface area (Å²) in [5, 5.41) is 0. The maximum atomic E-state index is 6.32. The molecule has 1 heterocycles. The Kier molecular flexibility index (Phi) is 4.15. The van der Waals surface area contributed by atoms with Crippen LogP contribution >= 0.6 is 0 Å². The summed E-state index contributed by atoms with van der Waals surface area (Å²) in [5.41, 5.74) is 16.2. The van der Waals surface area contributed by atoms with Crippen LogP contribution in [0.1, 0.15) is 19.3 Å². The highest BCUT2D eigenvalue weighted by Gasteiger charge is 2.28. The number of likely N-dealkylation sites (N-methyl/N-ethyl adjacent to an activating group) is 1. The molecule has 1 fully saturated rings. The molecule has 1 aliphatic heterocycles. The minimum atomic E-state index is -0.0835. The first kappa shape index (κ1) is 14.7. The van der Waals surface area contributed by atoms with Crippen LogP contribution in [0.5, 0.6) is 5.75 Å². The van der Waals surface area contributed by atoms with Gasteiger partial charge < -0.3 is 21.1 Å². The Morgan fingerprint density at radius 3 is 2.86 bits per heavy atom. The third-order valence-electron chi connectivity index (χ3n) is 4.17. The third-order valence-corrected chi connectivity index (χ3v) is 4.17. The van der Waals surface area contributed by atoms with Gasteiger partial charge in [-0.1, -0.05) is 0 Å². The van der Waals surface area contributed by atoms with E-state index in [-0.39, 0.29) is 6.04 Å². The topological polar surface area (TPSA) is 76.9 Å². The average Bonchev–Trinajstić information content (AvgIpc) is 2.58. The van der Waals surface area contributed by atoms with Crippen molar-refractivity contribution in [2.24, 2.45) is 16.5 Å². The molecule has 4 N–H and O–H groups in total. The van der Waals surface area contributed by atoms with Gasteiger partial charge in [0.2, 0.25) is 0 Å². The standard InChI is InChI=1S/C17H22N4O/c1-21-15-10-13(20-9-3-8-18)6-7-16(15)22-11-14(19)17(21)12-4-2-5-12/h3,6-10,14H,2,4-5,11,18-19H2,1H3/t14-/m0/s1. The molecule has 1 atom stereocenters. The third kappa shape index (κ3) is 2.72. The smallest absolute Gasteiger partial charge is 0.143 e. The minimum absolute atomic E-state index is 0.0835. The van der Waals surface area contributed by atoms with Crippen LogP contribution in [0.2, 0.25) is 0 Å².